The van der Waals surface area contributed by atoms with Gasteiger partial charge in [0.15, 0.2) is 5.78 Å². The molecule has 0 saturated heterocycles. The van der Waals surface area contributed by atoms with Crippen LogP contribution in [0.25, 0.3) is 0 Å². The van der Waals surface area contributed by atoms with Crippen LogP contribution < -0.4 is 0 Å². The van der Waals surface area contributed by atoms with E-state index < -0.39 is 0 Å². The average Bonchev–Trinajstić information content (AvgIpc) is 2.86. The van der Waals surface area contributed by atoms with E-state index in [0.29, 0.717) is 35.2 Å². The zero-order valence-electron chi connectivity index (χ0n) is 13.4. The summed E-state index contributed by atoms with van der Waals surface area (Å²) < 4.78 is 0. The van der Waals surface area contributed by atoms with E-state index in [4.69, 9.17) is 0 Å². The zero-order valence-corrected chi connectivity index (χ0v) is 13.4. The summed E-state index contributed by atoms with van der Waals surface area (Å²) in [5, 5.41) is 0. The number of allylic oxidation sites excluding steroid dienone is 2. The molecular formula is C19H26O2. The highest BCUT2D eigenvalue weighted by Crippen LogP contribution is 2.68. The lowest BCUT2D eigenvalue weighted by Crippen LogP contribution is -2.43. The maximum Gasteiger partial charge on any atom is 0.155 e. The quantitative estimate of drug-likeness (QED) is 0.676. The molecule has 3 saturated carbocycles. The Balaban J connectivity index is 1.79. The summed E-state index contributed by atoms with van der Waals surface area (Å²) in [7, 11) is 0. The van der Waals surface area contributed by atoms with Gasteiger partial charge in [0.25, 0.3) is 0 Å². The largest absolute Gasteiger partial charge is 0.299 e. The minimum Gasteiger partial charge on any atom is -0.299 e. The first-order valence-corrected chi connectivity index (χ1v) is 8.66. The Kier molecular flexibility index (Phi) is 2.67. The Labute approximate surface area is 127 Å². The van der Waals surface area contributed by atoms with Crippen molar-refractivity contribution in [2.45, 2.75) is 59.3 Å². The van der Waals surface area contributed by atoms with E-state index in [9.17, 15) is 9.59 Å². The molecular weight excluding hydrogens is 260 g/mol. The molecule has 0 aromatic heterocycles. The third-order valence-electron chi connectivity index (χ3n) is 7.79. The number of carbonyl (C=O) groups excluding carboxylic acids is 2. The van der Waals surface area contributed by atoms with Gasteiger partial charge in [-0.25, -0.2) is 0 Å². The smallest absolute Gasteiger partial charge is 0.155 e. The molecule has 2 nitrogen and oxygen atoms in total. The van der Waals surface area contributed by atoms with Crippen LogP contribution in [0.15, 0.2) is 11.6 Å². The minimum atomic E-state index is -0.0656. The van der Waals surface area contributed by atoms with Crippen molar-refractivity contribution in [1.29, 1.82) is 0 Å². The number of rotatable bonds is 0. The fourth-order valence-electron chi connectivity index (χ4n) is 6.60. The van der Waals surface area contributed by atoms with Crippen molar-refractivity contribution in [3.05, 3.63) is 11.6 Å². The third kappa shape index (κ3) is 1.54. The van der Waals surface area contributed by atoms with Gasteiger partial charge in [0.2, 0.25) is 0 Å². The van der Waals surface area contributed by atoms with E-state index in [0.717, 1.165) is 32.1 Å². The number of hydrogen-bond donors (Lipinski definition) is 0. The van der Waals surface area contributed by atoms with Crippen LogP contribution in [-0.4, -0.2) is 11.6 Å². The first-order valence-electron chi connectivity index (χ1n) is 8.66. The lowest BCUT2D eigenvalue weighted by molar-refractivity contribution is -0.130. The minimum absolute atomic E-state index is 0.0656. The molecule has 0 bridgehead atoms. The molecule has 0 aromatic carbocycles. The molecule has 0 radical (unpaired) electrons. The summed E-state index contributed by atoms with van der Waals surface area (Å²) in [6.45, 7) is 6.94. The van der Waals surface area contributed by atoms with Gasteiger partial charge < -0.3 is 0 Å². The van der Waals surface area contributed by atoms with Gasteiger partial charge in [0, 0.05) is 18.3 Å². The molecule has 0 N–H and O–H groups in total. The molecule has 0 aliphatic heterocycles. The molecule has 4 aliphatic rings. The van der Waals surface area contributed by atoms with Gasteiger partial charge in [-0.2, -0.15) is 0 Å². The fourth-order valence-corrected chi connectivity index (χ4v) is 6.60. The molecule has 4 aliphatic carbocycles. The van der Waals surface area contributed by atoms with Gasteiger partial charge in [-0.15, -0.1) is 0 Å². The van der Waals surface area contributed by atoms with Gasteiger partial charge >= 0.3 is 0 Å². The second-order valence-electron chi connectivity index (χ2n) is 8.48. The highest BCUT2D eigenvalue weighted by atomic mass is 16.1. The molecule has 0 aromatic rings. The molecule has 4 rings (SSSR count). The predicted octanol–water partition coefficient (Wildman–Crippen LogP) is 3.94. The molecule has 6 atom stereocenters. The van der Waals surface area contributed by atoms with Crippen LogP contribution in [0.1, 0.15) is 59.3 Å². The van der Waals surface area contributed by atoms with Gasteiger partial charge in [-0.05, 0) is 60.8 Å². The number of carbonyl (C=O) groups is 2. The lowest BCUT2D eigenvalue weighted by Gasteiger charge is -2.47. The molecule has 0 amide bonds. The highest BCUT2D eigenvalue weighted by molar-refractivity contribution is 5.92. The van der Waals surface area contributed by atoms with Crippen molar-refractivity contribution in [1.82, 2.24) is 0 Å². The summed E-state index contributed by atoms with van der Waals surface area (Å²) in [4.78, 5) is 24.3. The Bertz CT molecular complexity index is 560. The van der Waals surface area contributed by atoms with Crippen LogP contribution in [0.3, 0.4) is 0 Å². The van der Waals surface area contributed by atoms with E-state index >= 15 is 0 Å². The van der Waals surface area contributed by atoms with Crippen molar-refractivity contribution in [2.75, 3.05) is 0 Å². The number of hydrogen-bond acceptors (Lipinski definition) is 2. The SMILES string of the molecule is C[C@H]1C2=CC(=O)CC[C@]2(C)[C@H]2CC[C@@]3(C)C(=O)CC[C@H]3[C@H]12. The van der Waals surface area contributed by atoms with E-state index in [-0.39, 0.29) is 10.8 Å². The van der Waals surface area contributed by atoms with Crippen LogP contribution in [0.2, 0.25) is 0 Å². The van der Waals surface area contributed by atoms with E-state index in [1.807, 2.05) is 6.08 Å². The Morgan fingerprint density at radius 2 is 1.71 bits per heavy atom. The number of ketones is 2. The Morgan fingerprint density at radius 1 is 1.00 bits per heavy atom. The van der Waals surface area contributed by atoms with Gasteiger partial charge in [-0.3, -0.25) is 9.59 Å². The second kappa shape index (κ2) is 4.08. The molecule has 0 heterocycles. The lowest BCUT2D eigenvalue weighted by atomic mass is 9.56. The van der Waals surface area contributed by atoms with E-state index in [1.54, 1.807) is 0 Å². The topological polar surface area (TPSA) is 34.1 Å². The summed E-state index contributed by atoms with van der Waals surface area (Å²) >= 11 is 0. The second-order valence-corrected chi connectivity index (χ2v) is 8.48. The van der Waals surface area contributed by atoms with Crippen molar-refractivity contribution in [2.24, 2.45) is 34.5 Å². The van der Waals surface area contributed by atoms with E-state index in [1.165, 1.54) is 12.0 Å². The number of Topliss-reactive ketones (excluding diaryl/α,β-unsaturated/α-hetero) is 1. The van der Waals surface area contributed by atoms with Crippen LogP contribution in [0.5, 0.6) is 0 Å². The molecule has 0 unspecified atom stereocenters. The van der Waals surface area contributed by atoms with Gasteiger partial charge in [0.1, 0.15) is 5.78 Å². The monoisotopic (exact) mass is 286 g/mol. The predicted molar refractivity (Wildman–Crippen MR) is 81.6 cm³/mol. The Hall–Kier alpha value is -0.920. The normalized spacial score (nSPS) is 52.2. The summed E-state index contributed by atoms with van der Waals surface area (Å²) in [5.74, 6) is 3.17. The standard InChI is InChI=1S/C19H26O2/c1-11-15-10-12(20)6-8-18(15,2)14-7-9-19(3)13(17(11)14)4-5-16(19)21/h10-11,13-14,17H,4-9H2,1-3H3/t11-,13-,14-,17-,18+,19+/m0/s1. The van der Waals surface area contributed by atoms with Crippen molar-refractivity contribution in [3.8, 4) is 0 Å². The van der Waals surface area contributed by atoms with Crippen molar-refractivity contribution < 1.29 is 9.59 Å². The maximum absolute atomic E-state index is 12.4. The zero-order chi connectivity index (χ0) is 15.0. The molecule has 114 valence electrons. The van der Waals surface area contributed by atoms with Crippen LogP contribution >= 0.6 is 0 Å². The maximum atomic E-state index is 12.4. The van der Waals surface area contributed by atoms with Crippen LogP contribution in [0, 0.1) is 34.5 Å². The average molecular weight is 286 g/mol. The van der Waals surface area contributed by atoms with Crippen molar-refractivity contribution in [3.63, 3.8) is 0 Å². The number of fused-ring (bicyclic) bond motifs is 5. The third-order valence-corrected chi connectivity index (χ3v) is 7.79. The molecule has 3 fully saturated rings. The van der Waals surface area contributed by atoms with Crippen LogP contribution in [0.4, 0.5) is 0 Å². The first kappa shape index (κ1) is 13.7. The van der Waals surface area contributed by atoms with Gasteiger partial charge in [-0.1, -0.05) is 26.3 Å². The van der Waals surface area contributed by atoms with Crippen molar-refractivity contribution >= 4 is 11.6 Å². The molecule has 0 spiro atoms. The fraction of sp³-hybridized carbons (Fsp3) is 0.789. The summed E-state index contributed by atoms with van der Waals surface area (Å²) in [5.41, 5.74) is 1.58. The van der Waals surface area contributed by atoms with Crippen LogP contribution in [-0.2, 0) is 9.59 Å². The van der Waals surface area contributed by atoms with E-state index in [2.05, 4.69) is 20.8 Å². The van der Waals surface area contributed by atoms with Gasteiger partial charge in [0.05, 0.1) is 0 Å². The Morgan fingerprint density at radius 3 is 2.48 bits per heavy atom. The summed E-state index contributed by atoms with van der Waals surface area (Å²) in [6, 6.07) is 0. The molecule has 2 heteroatoms. The highest BCUT2D eigenvalue weighted by Gasteiger charge is 2.63. The molecule has 21 heavy (non-hydrogen) atoms. The first-order chi connectivity index (χ1) is 9.88. The summed E-state index contributed by atoms with van der Waals surface area (Å²) in [6.07, 6.45) is 7.83.